The quantitative estimate of drug-likeness (QED) is 0.585. The van der Waals surface area contributed by atoms with E-state index in [1.165, 1.54) is 0 Å². The highest BCUT2D eigenvalue weighted by atomic mass is 19.2. The van der Waals surface area contributed by atoms with E-state index >= 15 is 0 Å². The molecule has 2 rings (SSSR count). The molecule has 0 aliphatic heterocycles. The molecule has 0 aliphatic rings. The van der Waals surface area contributed by atoms with Gasteiger partial charge in [-0.3, -0.25) is 0 Å². The average Bonchev–Trinajstić information content (AvgIpc) is 2.43. The molecule has 0 atom stereocenters. The minimum Gasteiger partial charge on any atom is -0.397 e. The number of anilines is 3. The number of amides is 2. The van der Waals surface area contributed by atoms with Gasteiger partial charge >= 0.3 is 6.03 Å². The smallest absolute Gasteiger partial charge is 0.323 e. The lowest BCUT2D eigenvalue weighted by Gasteiger charge is -2.11. The van der Waals surface area contributed by atoms with Crippen LogP contribution in [0.5, 0.6) is 0 Å². The molecule has 0 aliphatic carbocycles. The first-order valence-corrected chi connectivity index (χ1v) is 5.96. The molecule has 0 heterocycles. The van der Waals surface area contributed by atoms with Crippen LogP contribution in [0, 0.1) is 24.4 Å². The Morgan fingerprint density at radius 3 is 2.29 bits per heavy atom. The van der Waals surface area contributed by atoms with Gasteiger partial charge in [-0.2, -0.15) is 0 Å². The van der Waals surface area contributed by atoms with Gasteiger partial charge in [0.25, 0.3) is 0 Å². The fourth-order valence-electron chi connectivity index (χ4n) is 1.69. The van der Waals surface area contributed by atoms with Crippen molar-refractivity contribution >= 4 is 23.1 Å². The normalized spacial score (nSPS) is 10.3. The number of nitrogen functional groups attached to an aromatic ring is 1. The Balaban J connectivity index is 2.14. The van der Waals surface area contributed by atoms with Gasteiger partial charge in [0.1, 0.15) is 0 Å². The van der Waals surface area contributed by atoms with Crippen molar-refractivity contribution in [1.29, 1.82) is 0 Å². The van der Waals surface area contributed by atoms with E-state index in [4.69, 9.17) is 5.73 Å². The molecule has 4 nitrogen and oxygen atoms in total. The summed E-state index contributed by atoms with van der Waals surface area (Å²) in [5.41, 5.74) is 6.79. The Kier molecular flexibility index (Phi) is 4.02. The van der Waals surface area contributed by atoms with E-state index in [0.29, 0.717) is 17.4 Å². The standard InChI is InChI=1S/C14H12F3N3O/c1-7-2-4-10(9(18)6-7)19-14(21)20-11-5-3-8(15)12(16)13(11)17/h2-6H,18H2,1H3,(H2,19,20,21). The van der Waals surface area contributed by atoms with E-state index in [0.717, 1.165) is 11.6 Å². The zero-order valence-electron chi connectivity index (χ0n) is 11.0. The zero-order valence-corrected chi connectivity index (χ0v) is 11.0. The molecule has 110 valence electrons. The van der Waals surface area contributed by atoms with E-state index in [-0.39, 0.29) is 0 Å². The van der Waals surface area contributed by atoms with Gasteiger partial charge in [0.2, 0.25) is 0 Å². The van der Waals surface area contributed by atoms with Crippen LogP contribution >= 0.6 is 0 Å². The summed E-state index contributed by atoms with van der Waals surface area (Å²) in [4.78, 5) is 11.7. The lowest BCUT2D eigenvalue weighted by molar-refractivity contribution is 0.262. The molecule has 0 radical (unpaired) electrons. The van der Waals surface area contributed by atoms with Crippen molar-refractivity contribution in [3.63, 3.8) is 0 Å². The molecule has 7 heteroatoms. The van der Waals surface area contributed by atoms with Crippen LogP contribution in [-0.2, 0) is 0 Å². The monoisotopic (exact) mass is 295 g/mol. The van der Waals surface area contributed by atoms with E-state index in [2.05, 4.69) is 10.6 Å². The second-order valence-corrected chi connectivity index (χ2v) is 4.39. The maximum Gasteiger partial charge on any atom is 0.323 e. The average molecular weight is 295 g/mol. The fourth-order valence-corrected chi connectivity index (χ4v) is 1.69. The number of carbonyl (C=O) groups excluding carboxylic acids is 1. The van der Waals surface area contributed by atoms with Crippen LogP contribution in [0.25, 0.3) is 0 Å². The van der Waals surface area contributed by atoms with E-state index in [9.17, 15) is 18.0 Å². The van der Waals surface area contributed by atoms with Gasteiger partial charge in [-0.25, -0.2) is 18.0 Å². The molecule has 0 saturated heterocycles. The molecule has 0 saturated carbocycles. The molecular formula is C14H12F3N3O. The SMILES string of the molecule is Cc1ccc(NC(=O)Nc2ccc(F)c(F)c2F)c(N)c1. The van der Waals surface area contributed by atoms with Gasteiger partial charge in [-0.15, -0.1) is 0 Å². The first kappa shape index (κ1) is 14.7. The molecule has 2 aromatic carbocycles. The minimum absolute atomic E-state index is 0.320. The third-order valence-corrected chi connectivity index (χ3v) is 2.74. The van der Waals surface area contributed by atoms with Crippen LogP contribution in [-0.4, -0.2) is 6.03 Å². The molecular weight excluding hydrogens is 283 g/mol. The Bertz CT molecular complexity index is 704. The summed E-state index contributed by atoms with van der Waals surface area (Å²) in [6.45, 7) is 1.83. The van der Waals surface area contributed by atoms with Gasteiger partial charge in [0.05, 0.1) is 17.1 Å². The number of urea groups is 1. The van der Waals surface area contributed by atoms with Crippen molar-refractivity contribution in [1.82, 2.24) is 0 Å². The lowest BCUT2D eigenvalue weighted by atomic mass is 10.2. The van der Waals surface area contributed by atoms with Gasteiger partial charge in [0.15, 0.2) is 17.5 Å². The van der Waals surface area contributed by atoms with Gasteiger partial charge in [-0.1, -0.05) is 6.07 Å². The molecule has 0 unspecified atom stereocenters. The number of hydrogen-bond donors (Lipinski definition) is 3. The number of hydrogen-bond acceptors (Lipinski definition) is 2. The van der Waals surface area contributed by atoms with Crippen LogP contribution in [0.3, 0.4) is 0 Å². The minimum atomic E-state index is -1.65. The van der Waals surface area contributed by atoms with Crippen molar-refractivity contribution in [2.24, 2.45) is 0 Å². The molecule has 2 aromatic rings. The largest absolute Gasteiger partial charge is 0.397 e. The molecule has 0 bridgehead atoms. The van der Waals surface area contributed by atoms with Crippen molar-refractivity contribution in [2.75, 3.05) is 16.4 Å². The van der Waals surface area contributed by atoms with Crippen molar-refractivity contribution in [3.05, 3.63) is 53.3 Å². The second kappa shape index (κ2) is 5.74. The first-order chi connectivity index (χ1) is 9.88. The molecule has 21 heavy (non-hydrogen) atoms. The summed E-state index contributed by atoms with van der Waals surface area (Å²) in [5, 5.41) is 4.47. The number of aryl methyl sites for hydroxylation is 1. The summed E-state index contributed by atoms with van der Waals surface area (Å²) < 4.78 is 39.2. The van der Waals surface area contributed by atoms with Crippen molar-refractivity contribution in [2.45, 2.75) is 6.92 Å². The van der Waals surface area contributed by atoms with Gasteiger partial charge < -0.3 is 16.4 Å². The maximum atomic E-state index is 13.4. The van der Waals surface area contributed by atoms with Crippen LogP contribution < -0.4 is 16.4 Å². The molecule has 0 fully saturated rings. The number of nitrogens with two attached hydrogens (primary N) is 1. The van der Waals surface area contributed by atoms with E-state index in [1.807, 2.05) is 6.92 Å². The fraction of sp³-hybridized carbons (Fsp3) is 0.0714. The zero-order chi connectivity index (χ0) is 15.6. The van der Waals surface area contributed by atoms with Crippen molar-refractivity contribution < 1.29 is 18.0 Å². The summed E-state index contributed by atoms with van der Waals surface area (Å²) >= 11 is 0. The van der Waals surface area contributed by atoms with Crippen LogP contribution in [0.1, 0.15) is 5.56 Å². The number of rotatable bonds is 2. The highest BCUT2D eigenvalue weighted by Gasteiger charge is 2.15. The second-order valence-electron chi connectivity index (χ2n) is 4.39. The van der Waals surface area contributed by atoms with E-state index in [1.54, 1.807) is 18.2 Å². The Labute approximate surface area is 118 Å². The summed E-state index contributed by atoms with van der Waals surface area (Å²) in [6.07, 6.45) is 0. The van der Waals surface area contributed by atoms with Crippen LogP contribution in [0.4, 0.5) is 35.0 Å². The molecule has 0 aromatic heterocycles. The highest BCUT2D eigenvalue weighted by Crippen LogP contribution is 2.22. The lowest BCUT2D eigenvalue weighted by Crippen LogP contribution is -2.21. The number of carbonyl (C=O) groups is 1. The van der Waals surface area contributed by atoms with Crippen LogP contribution in [0.15, 0.2) is 30.3 Å². The molecule has 2 amide bonds. The Morgan fingerprint density at radius 1 is 1.00 bits per heavy atom. The number of nitrogens with one attached hydrogen (secondary N) is 2. The Hall–Kier alpha value is -2.70. The van der Waals surface area contributed by atoms with Gasteiger partial charge in [-0.05, 0) is 36.8 Å². The number of benzene rings is 2. The van der Waals surface area contributed by atoms with Crippen LogP contribution in [0.2, 0.25) is 0 Å². The summed E-state index contributed by atoms with van der Waals surface area (Å²) in [5.74, 6) is -4.45. The molecule has 0 spiro atoms. The highest BCUT2D eigenvalue weighted by molar-refractivity contribution is 6.01. The third kappa shape index (κ3) is 3.25. The first-order valence-electron chi connectivity index (χ1n) is 5.96. The summed E-state index contributed by atoms with van der Waals surface area (Å²) in [7, 11) is 0. The van der Waals surface area contributed by atoms with Crippen molar-refractivity contribution in [3.8, 4) is 0 Å². The Morgan fingerprint density at radius 2 is 1.62 bits per heavy atom. The van der Waals surface area contributed by atoms with E-state index < -0.39 is 29.2 Å². The topological polar surface area (TPSA) is 67.2 Å². The predicted molar refractivity (Wildman–Crippen MR) is 74.5 cm³/mol. The summed E-state index contributed by atoms with van der Waals surface area (Å²) in [6, 6.07) is 5.76. The predicted octanol–water partition coefficient (Wildman–Crippen LogP) is 3.64. The maximum absolute atomic E-state index is 13.4. The third-order valence-electron chi connectivity index (χ3n) is 2.74. The van der Waals surface area contributed by atoms with Gasteiger partial charge in [0, 0.05) is 0 Å². The number of halogens is 3. The molecule has 4 N–H and O–H groups in total.